The summed E-state index contributed by atoms with van der Waals surface area (Å²) in [5.74, 6) is 2.40. The maximum Gasteiger partial charge on any atom is 0.161 e. The van der Waals surface area contributed by atoms with Gasteiger partial charge >= 0.3 is 0 Å². The van der Waals surface area contributed by atoms with Crippen LogP contribution in [-0.4, -0.2) is 24.9 Å². The molecule has 4 aromatic rings. The van der Waals surface area contributed by atoms with Gasteiger partial charge in [0.1, 0.15) is 11.6 Å². The summed E-state index contributed by atoms with van der Waals surface area (Å²) in [4.78, 5) is 21.6. The van der Waals surface area contributed by atoms with Crippen LogP contribution in [-0.2, 0) is 6.42 Å². The van der Waals surface area contributed by atoms with E-state index in [0.717, 1.165) is 47.0 Å². The van der Waals surface area contributed by atoms with Crippen molar-refractivity contribution >= 4 is 5.82 Å². The number of nitrogens with one attached hydrogen (secondary N) is 2. The fourth-order valence-electron chi connectivity index (χ4n) is 3.20. The Balaban J connectivity index is 1.61. The van der Waals surface area contributed by atoms with E-state index in [1.807, 2.05) is 42.6 Å². The lowest BCUT2D eigenvalue weighted by Gasteiger charge is -2.17. The molecular weight excluding hydrogens is 360 g/mol. The zero-order valence-electron chi connectivity index (χ0n) is 16.6. The van der Waals surface area contributed by atoms with Crippen molar-refractivity contribution in [2.45, 2.75) is 32.7 Å². The summed E-state index contributed by atoms with van der Waals surface area (Å²) in [6, 6.07) is 16.1. The highest BCUT2D eigenvalue weighted by Gasteiger charge is 2.16. The first-order valence-electron chi connectivity index (χ1n) is 9.92. The Morgan fingerprint density at radius 2 is 1.76 bits per heavy atom. The number of pyridine rings is 1. The average molecular weight is 384 g/mol. The van der Waals surface area contributed by atoms with Crippen molar-refractivity contribution in [3.05, 3.63) is 78.6 Å². The van der Waals surface area contributed by atoms with E-state index in [4.69, 9.17) is 4.98 Å². The van der Waals surface area contributed by atoms with Crippen molar-refractivity contribution in [2.75, 3.05) is 5.32 Å². The summed E-state index contributed by atoms with van der Waals surface area (Å²) >= 11 is 0. The molecule has 4 rings (SSSR count). The monoisotopic (exact) mass is 384 g/mol. The number of imidazole rings is 1. The van der Waals surface area contributed by atoms with Crippen LogP contribution in [0.1, 0.15) is 37.8 Å². The van der Waals surface area contributed by atoms with Gasteiger partial charge in [-0.2, -0.15) is 0 Å². The van der Waals surface area contributed by atoms with Crippen molar-refractivity contribution in [1.82, 2.24) is 24.9 Å². The third-order valence-electron chi connectivity index (χ3n) is 4.82. The molecule has 0 unspecified atom stereocenters. The minimum atomic E-state index is 0.0253. The number of anilines is 1. The van der Waals surface area contributed by atoms with Crippen molar-refractivity contribution in [3.8, 4) is 22.6 Å². The molecule has 146 valence electrons. The van der Waals surface area contributed by atoms with E-state index in [1.54, 1.807) is 12.4 Å². The van der Waals surface area contributed by atoms with Gasteiger partial charge < -0.3 is 10.3 Å². The van der Waals surface area contributed by atoms with Gasteiger partial charge in [0.25, 0.3) is 0 Å². The molecule has 1 atom stereocenters. The molecule has 0 bridgehead atoms. The Bertz CT molecular complexity index is 1060. The van der Waals surface area contributed by atoms with Gasteiger partial charge in [-0.1, -0.05) is 44.2 Å². The van der Waals surface area contributed by atoms with Crippen LogP contribution in [0.15, 0.2) is 67.1 Å². The van der Waals surface area contributed by atoms with Crippen LogP contribution < -0.4 is 5.32 Å². The minimum absolute atomic E-state index is 0.0253. The van der Waals surface area contributed by atoms with E-state index in [0.29, 0.717) is 5.82 Å². The van der Waals surface area contributed by atoms with Gasteiger partial charge in [-0.25, -0.2) is 15.0 Å². The summed E-state index contributed by atoms with van der Waals surface area (Å²) < 4.78 is 0. The Morgan fingerprint density at radius 1 is 0.966 bits per heavy atom. The van der Waals surface area contributed by atoms with Gasteiger partial charge in [-0.15, -0.1) is 0 Å². The molecule has 0 aliphatic heterocycles. The maximum absolute atomic E-state index is 4.74. The molecular formula is C23H24N6. The summed E-state index contributed by atoms with van der Waals surface area (Å²) in [7, 11) is 0. The maximum atomic E-state index is 4.74. The van der Waals surface area contributed by atoms with Crippen molar-refractivity contribution in [1.29, 1.82) is 0 Å². The van der Waals surface area contributed by atoms with E-state index in [-0.39, 0.29) is 6.04 Å². The van der Waals surface area contributed by atoms with Crippen LogP contribution in [0.25, 0.3) is 22.6 Å². The van der Waals surface area contributed by atoms with Crippen LogP contribution in [0.5, 0.6) is 0 Å². The van der Waals surface area contributed by atoms with Crippen LogP contribution in [0.3, 0.4) is 0 Å². The van der Waals surface area contributed by atoms with E-state index in [9.17, 15) is 0 Å². The second kappa shape index (κ2) is 8.65. The number of aromatic amines is 1. The Labute approximate surface area is 170 Å². The van der Waals surface area contributed by atoms with E-state index in [2.05, 4.69) is 51.2 Å². The van der Waals surface area contributed by atoms with Crippen molar-refractivity contribution < 1.29 is 0 Å². The second-order valence-corrected chi connectivity index (χ2v) is 6.81. The number of hydrogen-bond acceptors (Lipinski definition) is 5. The SMILES string of the molecule is CCc1cc(N[C@H](CC)c2ncc(-c3ccccc3)[nH]2)nc(-c2ccncc2)n1. The Morgan fingerprint density at radius 3 is 2.48 bits per heavy atom. The van der Waals surface area contributed by atoms with E-state index in [1.165, 1.54) is 0 Å². The largest absolute Gasteiger partial charge is 0.360 e. The van der Waals surface area contributed by atoms with Gasteiger partial charge in [0.15, 0.2) is 5.82 Å². The molecule has 1 aromatic carbocycles. The molecule has 2 N–H and O–H groups in total. The van der Waals surface area contributed by atoms with Gasteiger partial charge in [0.2, 0.25) is 0 Å². The fraction of sp³-hybridized carbons (Fsp3) is 0.217. The molecule has 6 nitrogen and oxygen atoms in total. The molecule has 6 heteroatoms. The summed E-state index contributed by atoms with van der Waals surface area (Å²) in [6.07, 6.45) is 7.11. The van der Waals surface area contributed by atoms with Crippen LogP contribution in [0.4, 0.5) is 5.82 Å². The molecule has 0 amide bonds. The first-order chi connectivity index (χ1) is 14.3. The molecule has 3 heterocycles. The van der Waals surface area contributed by atoms with E-state index < -0.39 is 0 Å². The van der Waals surface area contributed by atoms with Crippen LogP contribution in [0, 0.1) is 0 Å². The van der Waals surface area contributed by atoms with Crippen LogP contribution in [0.2, 0.25) is 0 Å². The molecule has 0 saturated carbocycles. The third-order valence-corrected chi connectivity index (χ3v) is 4.82. The highest BCUT2D eigenvalue weighted by molar-refractivity contribution is 5.59. The van der Waals surface area contributed by atoms with Gasteiger partial charge in [-0.3, -0.25) is 4.98 Å². The Kier molecular flexibility index (Phi) is 5.61. The molecule has 0 fully saturated rings. The lowest BCUT2D eigenvalue weighted by atomic mass is 10.2. The smallest absolute Gasteiger partial charge is 0.161 e. The molecule has 0 spiro atoms. The van der Waals surface area contributed by atoms with Crippen molar-refractivity contribution in [3.63, 3.8) is 0 Å². The highest BCUT2D eigenvalue weighted by Crippen LogP contribution is 2.25. The fourth-order valence-corrected chi connectivity index (χ4v) is 3.20. The molecule has 3 aromatic heterocycles. The number of rotatable bonds is 7. The summed E-state index contributed by atoms with van der Waals surface area (Å²) in [6.45, 7) is 4.23. The minimum Gasteiger partial charge on any atom is -0.360 e. The summed E-state index contributed by atoms with van der Waals surface area (Å²) in [5, 5.41) is 3.53. The van der Waals surface area contributed by atoms with Gasteiger partial charge in [0, 0.05) is 29.7 Å². The lowest BCUT2D eigenvalue weighted by molar-refractivity contribution is 0.700. The van der Waals surface area contributed by atoms with Crippen molar-refractivity contribution in [2.24, 2.45) is 0 Å². The first kappa shape index (κ1) is 18.8. The van der Waals surface area contributed by atoms with Gasteiger partial charge in [0.05, 0.1) is 17.9 Å². The number of aromatic nitrogens is 5. The number of benzene rings is 1. The Hall–Kier alpha value is -3.54. The molecule has 0 aliphatic carbocycles. The number of aryl methyl sites for hydroxylation is 1. The number of hydrogen-bond donors (Lipinski definition) is 2. The second-order valence-electron chi connectivity index (χ2n) is 6.81. The highest BCUT2D eigenvalue weighted by atomic mass is 15.1. The molecule has 0 saturated heterocycles. The standard InChI is InChI=1S/C23H24N6/c1-3-18-14-21(29-22(26-18)17-10-12-24-13-11-17)27-19(4-2)23-25-15-20(28-23)16-8-6-5-7-9-16/h5-15,19H,3-4H2,1-2H3,(H,25,28)(H,26,27,29)/t19-/m1/s1. The zero-order valence-corrected chi connectivity index (χ0v) is 16.6. The molecule has 0 aliphatic rings. The topological polar surface area (TPSA) is 79.4 Å². The zero-order chi connectivity index (χ0) is 20.1. The first-order valence-corrected chi connectivity index (χ1v) is 9.92. The predicted molar refractivity (Wildman–Crippen MR) is 115 cm³/mol. The summed E-state index contributed by atoms with van der Waals surface area (Å²) in [5.41, 5.74) is 4.08. The number of H-pyrrole nitrogens is 1. The lowest BCUT2D eigenvalue weighted by Crippen LogP contribution is -2.13. The van der Waals surface area contributed by atoms with Crippen LogP contribution >= 0.6 is 0 Å². The number of nitrogens with zero attached hydrogens (tertiary/aromatic N) is 4. The normalized spacial score (nSPS) is 11.9. The quantitative estimate of drug-likeness (QED) is 0.466. The van der Waals surface area contributed by atoms with Gasteiger partial charge in [-0.05, 0) is 30.5 Å². The predicted octanol–water partition coefficient (Wildman–Crippen LogP) is 5.05. The molecule has 0 radical (unpaired) electrons. The third kappa shape index (κ3) is 4.32. The molecule has 29 heavy (non-hydrogen) atoms. The van der Waals surface area contributed by atoms with E-state index >= 15 is 0 Å². The average Bonchev–Trinajstić information content (AvgIpc) is 3.28.